The Hall–Kier alpha value is -0.410. The summed E-state index contributed by atoms with van der Waals surface area (Å²) in [5, 5.41) is 32.8. The first-order valence-electron chi connectivity index (χ1n) is 9.85. The predicted octanol–water partition coefficient (Wildman–Crippen LogP) is 2.28. The highest BCUT2D eigenvalue weighted by atomic mass is 79.9. The number of Topliss-reactive ketones (excluding diaryl/α,β-unsaturated/α-hetero) is 1. The van der Waals surface area contributed by atoms with Crippen molar-refractivity contribution < 1.29 is 20.1 Å². The molecule has 0 bridgehead atoms. The fourth-order valence-corrected chi connectivity index (χ4v) is 7.99. The van der Waals surface area contributed by atoms with Gasteiger partial charge >= 0.3 is 0 Å². The number of terminal acetylenes is 1. The normalized spacial score (nSPS) is 59.1. The van der Waals surface area contributed by atoms with Crippen molar-refractivity contribution in [2.75, 3.05) is 0 Å². The molecule has 10 atom stereocenters. The lowest BCUT2D eigenvalue weighted by atomic mass is 9.43. The van der Waals surface area contributed by atoms with E-state index in [0.29, 0.717) is 23.6 Å². The molecule has 3 N–H and O–H groups in total. The first-order chi connectivity index (χ1) is 12.1. The van der Waals surface area contributed by atoms with Crippen molar-refractivity contribution in [2.24, 2.45) is 34.5 Å². The second-order valence-electron chi connectivity index (χ2n) is 9.71. The maximum Gasteiger partial charge on any atom is 0.206 e. The van der Waals surface area contributed by atoms with Crippen LogP contribution >= 0.6 is 15.9 Å². The van der Waals surface area contributed by atoms with Crippen LogP contribution in [-0.2, 0) is 4.79 Å². The summed E-state index contributed by atoms with van der Waals surface area (Å²) >= 11 is 3.76. The van der Waals surface area contributed by atoms with Gasteiger partial charge in [-0.05, 0) is 61.7 Å². The summed E-state index contributed by atoms with van der Waals surface area (Å²) in [7, 11) is 0. The minimum atomic E-state index is -1.94. The molecule has 0 radical (unpaired) electrons. The van der Waals surface area contributed by atoms with Gasteiger partial charge in [-0.3, -0.25) is 4.79 Å². The number of rotatable bonds is 0. The van der Waals surface area contributed by atoms with Gasteiger partial charge in [0.15, 0.2) is 5.60 Å². The minimum Gasteiger partial charge on any atom is -0.393 e. The smallest absolute Gasteiger partial charge is 0.206 e. The molecule has 0 amide bonds. The minimum absolute atomic E-state index is 0.106. The second-order valence-corrected chi connectivity index (χ2v) is 11.0. The van der Waals surface area contributed by atoms with Crippen LogP contribution in [0.4, 0.5) is 0 Å². The number of ketones is 1. The summed E-state index contributed by atoms with van der Waals surface area (Å²) in [5.41, 5.74) is -2.71. The largest absolute Gasteiger partial charge is 0.393 e. The van der Waals surface area contributed by atoms with Crippen LogP contribution in [-0.4, -0.2) is 43.7 Å². The highest BCUT2D eigenvalue weighted by molar-refractivity contribution is 9.09. The topological polar surface area (TPSA) is 77.8 Å². The SMILES string of the molecule is C#C[C@]1(O)C(=O)[C@@H](O)C2C3C(CC[C@@]21C)[C@@]1(C)CC[C@H](Br)C[C@H]1C[C@@H]3O. The van der Waals surface area contributed by atoms with Gasteiger partial charge in [0.1, 0.15) is 6.10 Å². The molecule has 4 rings (SSSR count). The first-order valence-corrected chi connectivity index (χ1v) is 10.8. The standard InChI is InChI=1S/C21H29BrO4/c1-4-21(26)18(25)17(24)16-15-13(6-8-20(16,21)3)19(2)7-5-12(22)9-11(19)10-14(15)23/h1,11-17,23-24,26H,5-10H2,2-3H3/t11-,12-,13?,14-,15?,16?,17-,19-,20-,21-/m0/s1. The summed E-state index contributed by atoms with van der Waals surface area (Å²) in [4.78, 5) is 13.2. The summed E-state index contributed by atoms with van der Waals surface area (Å²) in [5.74, 6) is 1.66. The maximum absolute atomic E-state index is 12.7. The summed E-state index contributed by atoms with van der Waals surface area (Å²) < 4.78 is 0. The van der Waals surface area contributed by atoms with E-state index < -0.39 is 34.9 Å². The lowest BCUT2D eigenvalue weighted by Crippen LogP contribution is -2.61. The zero-order valence-corrected chi connectivity index (χ0v) is 17.1. The van der Waals surface area contributed by atoms with Gasteiger partial charge in [0.25, 0.3) is 0 Å². The third-order valence-electron chi connectivity index (χ3n) is 8.88. The number of fused-ring (bicyclic) bond motifs is 5. The number of alkyl halides is 1. The molecule has 4 saturated carbocycles. The zero-order valence-electron chi connectivity index (χ0n) is 15.5. The van der Waals surface area contributed by atoms with E-state index in [0.717, 1.165) is 25.7 Å². The van der Waals surface area contributed by atoms with Crippen LogP contribution in [0.5, 0.6) is 0 Å². The van der Waals surface area contributed by atoms with Gasteiger partial charge in [0.05, 0.1) is 6.10 Å². The molecule has 4 fully saturated rings. The van der Waals surface area contributed by atoms with Gasteiger partial charge in [0.2, 0.25) is 5.78 Å². The molecule has 3 unspecified atom stereocenters. The molecule has 0 saturated heterocycles. The monoisotopic (exact) mass is 424 g/mol. The Kier molecular flexibility index (Phi) is 4.22. The van der Waals surface area contributed by atoms with Crippen molar-refractivity contribution in [1.82, 2.24) is 0 Å². The van der Waals surface area contributed by atoms with Crippen LogP contribution in [0.2, 0.25) is 0 Å². The van der Waals surface area contributed by atoms with E-state index in [1.54, 1.807) is 0 Å². The summed E-state index contributed by atoms with van der Waals surface area (Å²) in [6, 6.07) is 0. The number of carbonyl (C=O) groups excluding carboxylic acids is 1. The molecule has 0 heterocycles. The number of hydrogen-bond donors (Lipinski definition) is 3. The average Bonchev–Trinajstić information content (AvgIpc) is 2.75. The summed E-state index contributed by atoms with van der Waals surface area (Å²) in [6.45, 7) is 4.16. The molecule has 0 aromatic carbocycles. The molecular weight excluding hydrogens is 396 g/mol. The third-order valence-corrected chi connectivity index (χ3v) is 9.71. The number of carbonyl (C=O) groups is 1. The molecule has 0 aromatic heterocycles. The molecule has 144 valence electrons. The van der Waals surface area contributed by atoms with Gasteiger partial charge in [-0.2, -0.15) is 0 Å². The molecule has 4 aliphatic carbocycles. The molecule has 4 nitrogen and oxygen atoms in total. The van der Waals surface area contributed by atoms with Crippen LogP contribution < -0.4 is 0 Å². The average molecular weight is 425 g/mol. The van der Waals surface area contributed by atoms with Crippen LogP contribution in [0.15, 0.2) is 0 Å². The van der Waals surface area contributed by atoms with E-state index in [2.05, 4.69) is 28.8 Å². The fourth-order valence-electron chi connectivity index (χ4n) is 7.31. The van der Waals surface area contributed by atoms with Crippen LogP contribution in [0.25, 0.3) is 0 Å². The molecular formula is C21H29BrO4. The van der Waals surface area contributed by atoms with Crippen molar-refractivity contribution in [3.05, 3.63) is 0 Å². The van der Waals surface area contributed by atoms with Gasteiger partial charge in [-0.25, -0.2) is 0 Å². The van der Waals surface area contributed by atoms with E-state index in [1.165, 1.54) is 0 Å². The molecule has 0 spiro atoms. The van der Waals surface area contributed by atoms with Crippen molar-refractivity contribution in [3.8, 4) is 12.3 Å². The Balaban J connectivity index is 1.77. The fraction of sp³-hybridized carbons (Fsp3) is 0.857. The molecule has 0 aliphatic heterocycles. The van der Waals surface area contributed by atoms with E-state index in [9.17, 15) is 20.1 Å². The Morgan fingerprint density at radius 3 is 2.54 bits per heavy atom. The van der Waals surface area contributed by atoms with E-state index in [-0.39, 0.29) is 17.3 Å². The van der Waals surface area contributed by atoms with E-state index in [1.807, 2.05) is 6.92 Å². The number of halogens is 1. The Labute approximate surface area is 163 Å². The maximum atomic E-state index is 12.7. The van der Waals surface area contributed by atoms with Crippen LogP contribution in [0.3, 0.4) is 0 Å². The molecule has 0 aromatic rings. The third kappa shape index (κ3) is 2.11. The van der Waals surface area contributed by atoms with Gasteiger partial charge in [-0.15, -0.1) is 6.42 Å². The Bertz CT molecular complexity index is 673. The van der Waals surface area contributed by atoms with Crippen molar-refractivity contribution in [1.29, 1.82) is 0 Å². The quantitative estimate of drug-likeness (QED) is 0.411. The predicted molar refractivity (Wildman–Crippen MR) is 101 cm³/mol. The Morgan fingerprint density at radius 1 is 1.19 bits per heavy atom. The number of aliphatic hydroxyl groups excluding tert-OH is 2. The first kappa shape index (κ1) is 18.9. The van der Waals surface area contributed by atoms with Gasteiger partial charge < -0.3 is 15.3 Å². The van der Waals surface area contributed by atoms with Crippen LogP contribution in [0, 0.1) is 46.8 Å². The number of hydrogen-bond acceptors (Lipinski definition) is 4. The summed E-state index contributed by atoms with van der Waals surface area (Å²) in [6.07, 6.45) is 9.11. The highest BCUT2D eigenvalue weighted by Crippen LogP contribution is 2.67. The number of aliphatic hydroxyl groups is 3. The molecule has 4 aliphatic rings. The van der Waals surface area contributed by atoms with Crippen LogP contribution in [0.1, 0.15) is 52.4 Å². The van der Waals surface area contributed by atoms with Gasteiger partial charge in [-0.1, -0.05) is 35.7 Å². The zero-order chi connectivity index (χ0) is 19.1. The lowest BCUT2D eigenvalue weighted by molar-refractivity contribution is -0.185. The van der Waals surface area contributed by atoms with Gasteiger partial charge in [0, 0.05) is 16.2 Å². The van der Waals surface area contributed by atoms with Crippen molar-refractivity contribution in [3.63, 3.8) is 0 Å². The van der Waals surface area contributed by atoms with Crippen molar-refractivity contribution >= 4 is 21.7 Å². The molecule has 5 heteroatoms. The van der Waals surface area contributed by atoms with E-state index in [4.69, 9.17) is 6.42 Å². The lowest BCUT2D eigenvalue weighted by Gasteiger charge is -2.62. The Morgan fingerprint density at radius 2 is 1.88 bits per heavy atom. The second kappa shape index (κ2) is 5.80. The molecule has 26 heavy (non-hydrogen) atoms. The highest BCUT2D eigenvalue weighted by Gasteiger charge is 2.72. The van der Waals surface area contributed by atoms with E-state index >= 15 is 0 Å². The van der Waals surface area contributed by atoms with Crippen molar-refractivity contribution in [2.45, 2.75) is 75.0 Å².